The molecule has 1 aromatic rings. The summed E-state index contributed by atoms with van der Waals surface area (Å²) in [5.74, 6) is -0.404. The molecular weight excluding hydrogens is 290 g/mol. The minimum atomic E-state index is -0.586. The Morgan fingerprint density at radius 3 is 2.35 bits per heavy atom. The van der Waals surface area contributed by atoms with Crippen LogP contribution in [0.3, 0.4) is 0 Å². The zero-order chi connectivity index (χ0) is 16.9. The van der Waals surface area contributed by atoms with Gasteiger partial charge in [-0.25, -0.2) is 0 Å². The van der Waals surface area contributed by atoms with Gasteiger partial charge in [0.1, 0.15) is 0 Å². The summed E-state index contributed by atoms with van der Waals surface area (Å²) >= 11 is 0. The van der Waals surface area contributed by atoms with Crippen molar-refractivity contribution >= 4 is 11.8 Å². The van der Waals surface area contributed by atoms with Gasteiger partial charge in [-0.15, -0.1) is 0 Å². The number of hydrogen-bond acceptors (Lipinski definition) is 3. The second-order valence-corrected chi connectivity index (χ2v) is 6.69. The van der Waals surface area contributed by atoms with Crippen molar-refractivity contribution < 1.29 is 9.59 Å². The lowest BCUT2D eigenvalue weighted by molar-refractivity contribution is -0.128. The van der Waals surface area contributed by atoms with E-state index in [0.717, 1.165) is 31.2 Å². The van der Waals surface area contributed by atoms with Gasteiger partial charge in [-0.05, 0) is 24.3 Å². The molecule has 4 N–H and O–H groups in total. The highest BCUT2D eigenvalue weighted by molar-refractivity contribution is 5.87. The van der Waals surface area contributed by atoms with E-state index < -0.39 is 6.04 Å². The van der Waals surface area contributed by atoms with Gasteiger partial charge in [0, 0.05) is 0 Å². The summed E-state index contributed by atoms with van der Waals surface area (Å²) in [5, 5.41) is 5.77. The number of amides is 2. The molecule has 1 aromatic carbocycles. The van der Waals surface area contributed by atoms with Crippen molar-refractivity contribution in [3.8, 4) is 0 Å². The first-order chi connectivity index (χ1) is 10.9. The average molecular weight is 317 g/mol. The van der Waals surface area contributed by atoms with Gasteiger partial charge >= 0.3 is 0 Å². The molecule has 126 valence electrons. The Bertz CT molecular complexity index is 536. The fourth-order valence-corrected chi connectivity index (χ4v) is 3.12. The van der Waals surface area contributed by atoms with Crippen LogP contribution < -0.4 is 16.4 Å². The lowest BCUT2D eigenvalue weighted by atomic mass is 9.88. The first-order valence-electron chi connectivity index (χ1n) is 8.34. The summed E-state index contributed by atoms with van der Waals surface area (Å²) in [7, 11) is 0. The van der Waals surface area contributed by atoms with Crippen LogP contribution in [0.5, 0.6) is 0 Å². The van der Waals surface area contributed by atoms with Crippen LogP contribution in [0.15, 0.2) is 30.3 Å². The Balaban J connectivity index is 1.96. The molecule has 1 saturated carbocycles. The predicted octanol–water partition coefficient (Wildman–Crippen LogP) is 1.67. The fraction of sp³-hybridized carbons (Fsp3) is 0.556. The maximum absolute atomic E-state index is 12.3. The highest BCUT2D eigenvalue weighted by Gasteiger charge is 2.36. The molecule has 0 unspecified atom stereocenters. The molecule has 1 atom stereocenters. The highest BCUT2D eigenvalue weighted by atomic mass is 16.2. The number of nitrogens with two attached hydrogens (primary N) is 1. The van der Waals surface area contributed by atoms with Crippen molar-refractivity contribution in [1.29, 1.82) is 0 Å². The minimum absolute atomic E-state index is 0.0339. The van der Waals surface area contributed by atoms with Crippen molar-refractivity contribution in [3.63, 3.8) is 0 Å². The van der Waals surface area contributed by atoms with E-state index >= 15 is 0 Å². The SMILES string of the molecule is CC(C)[C@H](N)C(=O)NCC(=O)NC1(c2ccccc2)CCCC1. The molecule has 1 fully saturated rings. The molecule has 0 spiro atoms. The van der Waals surface area contributed by atoms with E-state index in [1.54, 1.807) is 0 Å². The molecule has 5 nitrogen and oxygen atoms in total. The van der Waals surface area contributed by atoms with Crippen LogP contribution in [0.25, 0.3) is 0 Å². The van der Waals surface area contributed by atoms with Crippen molar-refractivity contribution in [2.45, 2.75) is 51.1 Å². The van der Waals surface area contributed by atoms with Crippen LogP contribution in [0.1, 0.15) is 45.1 Å². The molecule has 0 heterocycles. The predicted molar refractivity (Wildman–Crippen MR) is 90.6 cm³/mol. The quantitative estimate of drug-likeness (QED) is 0.746. The van der Waals surface area contributed by atoms with E-state index in [-0.39, 0.29) is 29.8 Å². The van der Waals surface area contributed by atoms with Crippen molar-refractivity contribution in [2.75, 3.05) is 6.54 Å². The fourth-order valence-electron chi connectivity index (χ4n) is 3.12. The van der Waals surface area contributed by atoms with Gasteiger partial charge in [0.05, 0.1) is 18.1 Å². The molecule has 2 rings (SSSR count). The van der Waals surface area contributed by atoms with Crippen LogP contribution >= 0.6 is 0 Å². The number of rotatable bonds is 6. The van der Waals surface area contributed by atoms with Crippen LogP contribution in [0.2, 0.25) is 0 Å². The molecule has 0 bridgehead atoms. The van der Waals surface area contributed by atoms with E-state index in [9.17, 15) is 9.59 Å². The molecule has 0 saturated heterocycles. The third-order valence-electron chi connectivity index (χ3n) is 4.61. The van der Waals surface area contributed by atoms with Gasteiger partial charge in [0.25, 0.3) is 0 Å². The molecule has 5 heteroatoms. The van der Waals surface area contributed by atoms with E-state index in [2.05, 4.69) is 22.8 Å². The number of hydrogen-bond donors (Lipinski definition) is 3. The third-order valence-corrected chi connectivity index (χ3v) is 4.61. The first-order valence-corrected chi connectivity index (χ1v) is 8.34. The summed E-state index contributed by atoms with van der Waals surface area (Å²) in [4.78, 5) is 24.2. The first kappa shape index (κ1) is 17.5. The van der Waals surface area contributed by atoms with Gasteiger partial charge in [0.15, 0.2) is 0 Å². The smallest absolute Gasteiger partial charge is 0.240 e. The van der Waals surface area contributed by atoms with Crippen LogP contribution in [-0.4, -0.2) is 24.4 Å². The van der Waals surface area contributed by atoms with Gasteiger partial charge in [-0.1, -0.05) is 57.0 Å². The Labute approximate surface area is 138 Å². The molecule has 2 amide bonds. The largest absolute Gasteiger partial charge is 0.346 e. The molecular formula is C18H27N3O2. The molecule has 0 radical (unpaired) electrons. The number of carbonyl (C=O) groups is 2. The van der Waals surface area contributed by atoms with E-state index in [0.29, 0.717) is 0 Å². The Morgan fingerprint density at radius 2 is 1.78 bits per heavy atom. The second kappa shape index (κ2) is 7.59. The maximum Gasteiger partial charge on any atom is 0.240 e. The van der Waals surface area contributed by atoms with Gasteiger partial charge in [0.2, 0.25) is 11.8 Å². The Hall–Kier alpha value is -1.88. The maximum atomic E-state index is 12.3. The zero-order valence-corrected chi connectivity index (χ0v) is 14.0. The van der Waals surface area contributed by atoms with E-state index in [1.165, 1.54) is 0 Å². The van der Waals surface area contributed by atoms with Crippen molar-refractivity contribution in [3.05, 3.63) is 35.9 Å². The third kappa shape index (κ3) is 4.32. The Morgan fingerprint density at radius 1 is 1.17 bits per heavy atom. The highest BCUT2D eigenvalue weighted by Crippen LogP contribution is 2.38. The molecule has 1 aliphatic carbocycles. The summed E-state index contributed by atoms with van der Waals surface area (Å²) in [5.41, 5.74) is 6.62. The standard InChI is InChI=1S/C18H27N3O2/c1-13(2)16(19)17(23)20-12-15(22)21-18(10-6-7-11-18)14-8-4-3-5-9-14/h3-5,8-9,13,16H,6-7,10-12,19H2,1-2H3,(H,20,23)(H,21,22)/t16-/m0/s1. The van der Waals surface area contributed by atoms with Crippen molar-refractivity contribution in [2.24, 2.45) is 11.7 Å². The Kier molecular flexibility index (Phi) is 5.77. The molecule has 1 aliphatic rings. The monoisotopic (exact) mass is 317 g/mol. The molecule has 23 heavy (non-hydrogen) atoms. The number of benzene rings is 1. The average Bonchev–Trinajstić information content (AvgIpc) is 3.02. The number of carbonyl (C=O) groups excluding carboxylic acids is 2. The van der Waals surface area contributed by atoms with Gasteiger partial charge < -0.3 is 16.4 Å². The lowest BCUT2D eigenvalue weighted by Crippen LogP contribution is -2.51. The van der Waals surface area contributed by atoms with Gasteiger partial charge in [-0.3, -0.25) is 9.59 Å². The summed E-state index contributed by atoms with van der Waals surface area (Å²) in [6, 6.07) is 9.48. The lowest BCUT2D eigenvalue weighted by Gasteiger charge is -2.31. The van der Waals surface area contributed by atoms with E-state index in [4.69, 9.17) is 5.73 Å². The topological polar surface area (TPSA) is 84.2 Å². The molecule has 0 aliphatic heterocycles. The van der Waals surface area contributed by atoms with Crippen molar-refractivity contribution in [1.82, 2.24) is 10.6 Å². The summed E-state index contributed by atoms with van der Waals surface area (Å²) in [6.45, 7) is 3.73. The summed E-state index contributed by atoms with van der Waals surface area (Å²) < 4.78 is 0. The van der Waals surface area contributed by atoms with Crippen LogP contribution in [-0.2, 0) is 15.1 Å². The molecule has 0 aromatic heterocycles. The van der Waals surface area contributed by atoms with Gasteiger partial charge in [-0.2, -0.15) is 0 Å². The number of nitrogens with one attached hydrogen (secondary N) is 2. The van der Waals surface area contributed by atoms with Crippen LogP contribution in [0, 0.1) is 5.92 Å². The summed E-state index contributed by atoms with van der Waals surface area (Å²) in [6.07, 6.45) is 4.06. The minimum Gasteiger partial charge on any atom is -0.346 e. The second-order valence-electron chi connectivity index (χ2n) is 6.69. The van der Waals surface area contributed by atoms with E-state index in [1.807, 2.05) is 32.0 Å². The normalized spacial score (nSPS) is 17.7. The zero-order valence-electron chi connectivity index (χ0n) is 14.0. The van der Waals surface area contributed by atoms with Crippen LogP contribution in [0.4, 0.5) is 0 Å².